The van der Waals surface area contributed by atoms with Crippen molar-refractivity contribution in [3.8, 4) is 0 Å². The van der Waals surface area contributed by atoms with Crippen molar-refractivity contribution in [3.05, 3.63) is 34.4 Å². The lowest BCUT2D eigenvalue weighted by Gasteiger charge is -2.53. The van der Waals surface area contributed by atoms with Gasteiger partial charge in [-0.15, -0.1) is 0 Å². The molecule has 1 aromatic carbocycles. The fourth-order valence-corrected chi connectivity index (χ4v) is 5.53. The Hall–Kier alpha value is -1.84. The van der Waals surface area contributed by atoms with Gasteiger partial charge in [-0.05, 0) is 78.2 Å². The topological polar surface area (TPSA) is 58.9 Å². The number of aryl methyl sites for hydroxylation is 1. The van der Waals surface area contributed by atoms with E-state index in [0.29, 0.717) is 5.92 Å². The van der Waals surface area contributed by atoms with Crippen molar-refractivity contribution in [1.29, 1.82) is 0 Å². The minimum atomic E-state index is -0.642. The number of hydrogen-bond acceptors (Lipinski definition) is 3. The highest BCUT2D eigenvalue weighted by molar-refractivity contribution is 5.83. The molecule has 1 N–H and O–H groups in total. The number of carboxylic acid groups (broad SMARTS) is 1. The summed E-state index contributed by atoms with van der Waals surface area (Å²) in [6, 6.07) is 4.58. The van der Waals surface area contributed by atoms with Crippen LogP contribution in [0.4, 0.5) is 0 Å². The second-order valence-electron chi connectivity index (χ2n) is 8.79. The SMILES string of the molecule is CO/N=C/c1cc2c(cc1C(C)C)CCC1C(C)(C(=O)O)CCC[C@]21C. The van der Waals surface area contributed by atoms with Crippen molar-refractivity contribution >= 4 is 12.2 Å². The summed E-state index contributed by atoms with van der Waals surface area (Å²) in [6.45, 7) is 8.63. The maximum absolute atomic E-state index is 12.1. The molecule has 1 saturated carbocycles. The van der Waals surface area contributed by atoms with Crippen LogP contribution in [0.25, 0.3) is 0 Å². The Morgan fingerprint density at radius 2 is 2.08 bits per heavy atom. The Kier molecular flexibility index (Phi) is 4.89. The van der Waals surface area contributed by atoms with Crippen molar-refractivity contribution in [2.24, 2.45) is 16.5 Å². The predicted octanol–water partition coefficient (Wildman–Crippen LogP) is 4.89. The molecular formula is C22H31NO3. The first-order valence-corrected chi connectivity index (χ1v) is 9.71. The van der Waals surface area contributed by atoms with Gasteiger partial charge in [0, 0.05) is 0 Å². The number of benzene rings is 1. The Balaban J connectivity index is 2.15. The molecule has 3 rings (SSSR count). The smallest absolute Gasteiger partial charge is 0.309 e. The zero-order valence-electron chi connectivity index (χ0n) is 16.6. The summed E-state index contributed by atoms with van der Waals surface area (Å²) in [4.78, 5) is 17.0. The number of rotatable bonds is 4. The minimum absolute atomic E-state index is 0.0931. The van der Waals surface area contributed by atoms with E-state index in [-0.39, 0.29) is 11.3 Å². The van der Waals surface area contributed by atoms with Crippen LogP contribution in [0.1, 0.15) is 81.5 Å². The van der Waals surface area contributed by atoms with Crippen LogP contribution in [0.3, 0.4) is 0 Å². The normalized spacial score (nSPS) is 30.9. The molecule has 0 aromatic heterocycles. The number of carbonyl (C=O) groups is 1. The van der Waals surface area contributed by atoms with Crippen molar-refractivity contribution in [2.45, 2.75) is 71.1 Å². The molecule has 0 bridgehead atoms. The lowest BCUT2D eigenvalue weighted by atomic mass is 9.49. The van der Waals surface area contributed by atoms with Gasteiger partial charge in [0.1, 0.15) is 7.11 Å². The third kappa shape index (κ3) is 2.83. The van der Waals surface area contributed by atoms with Crippen molar-refractivity contribution in [1.82, 2.24) is 0 Å². The van der Waals surface area contributed by atoms with Gasteiger partial charge in [0.25, 0.3) is 0 Å². The molecule has 142 valence electrons. The van der Waals surface area contributed by atoms with Gasteiger partial charge in [0.15, 0.2) is 0 Å². The van der Waals surface area contributed by atoms with Crippen molar-refractivity contribution in [3.63, 3.8) is 0 Å². The average Bonchev–Trinajstić information content (AvgIpc) is 2.59. The molecule has 0 aliphatic heterocycles. The third-order valence-corrected chi connectivity index (χ3v) is 6.96. The molecule has 3 atom stereocenters. The number of hydrogen-bond donors (Lipinski definition) is 1. The molecule has 0 radical (unpaired) electrons. The fourth-order valence-electron chi connectivity index (χ4n) is 5.53. The number of fused-ring (bicyclic) bond motifs is 3. The second kappa shape index (κ2) is 6.71. The zero-order chi connectivity index (χ0) is 19.1. The van der Waals surface area contributed by atoms with E-state index in [2.05, 4.69) is 38.1 Å². The second-order valence-corrected chi connectivity index (χ2v) is 8.79. The Morgan fingerprint density at radius 1 is 1.35 bits per heavy atom. The quantitative estimate of drug-likeness (QED) is 0.617. The molecule has 0 saturated heterocycles. The van der Waals surface area contributed by atoms with Gasteiger partial charge in [0.2, 0.25) is 0 Å². The van der Waals surface area contributed by atoms with Crippen LogP contribution in [-0.2, 0) is 21.5 Å². The van der Waals surface area contributed by atoms with Crippen molar-refractivity contribution in [2.75, 3.05) is 7.11 Å². The summed E-state index contributed by atoms with van der Waals surface area (Å²) in [5, 5.41) is 13.9. The van der Waals surface area contributed by atoms with Crippen LogP contribution >= 0.6 is 0 Å². The van der Waals surface area contributed by atoms with E-state index in [9.17, 15) is 9.90 Å². The van der Waals surface area contributed by atoms with Crippen LogP contribution < -0.4 is 0 Å². The first-order chi connectivity index (χ1) is 12.2. The molecule has 2 aliphatic carbocycles. The standard InChI is InChI=1S/C22H31NO3/c1-14(2)17-11-15-7-8-19-21(3,9-6-10-22(19,4)20(24)25)18(15)12-16(17)13-23-26-5/h11-14,19H,6-10H2,1-5H3,(H,24,25)/b23-13+/t19?,21-,22?/m1/s1. The molecule has 0 spiro atoms. The first-order valence-electron chi connectivity index (χ1n) is 9.71. The molecule has 4 heteroatoms. The molecule has 1 aromatic rings. The monoisotopic (exact) mass is 357 g/mol. The minimum Gasteiger partial charge on any atom is -0.481 e. The average molecular weight is 357 g/mol. The number of nitrogens with zero attached hydrogens (tertiary/aromatic N) is 1. The highest BCUT2D eigenvalue weighted by Gasteiger charge is 2.55. The fraction of sp³-hybridized carbons (Fsp3) is 0.636. The molecular weight excluding hydrogens is 326 g/mol. The molecule has 2 unspecified atom stereocenters. The van der Waals surface area contributed by atoms with Crippen LogP contribution in [-0.4, -0.2) is 24.4 Å². The van der Waals surface area contributed by atoms with Gasteiger partial charge in [0.05, 0.1) is 11.6 Å². The van der Waals surface area contributed by atoms with E-state index in [1.165, 1.54) is 16.7 Å². The molecule has 0 heterocycles. The zero-order valence-corrected chi connectivity index (χ0v) is 16.6. The Bertz CT molecular complexity index is 739. The molecule has 2 aliphatic rings. The maximum Gasteiger partial charge on any atom is 0.309 e. The van der Waals surface area contributed by atoms with E-state index in [0.717, 1.165) is 37.7 Å². The van der Waals surface area contributed by atoms with Crippen molar-refractivity contribution < 1.29 is 14.7 Å². The Morgan fingerprint density at radius 3 is 2.69 bits per heavy atom. The summed E-state index contributed by atoms with van der Waals surface area (Å²) < 4.78 is 0. The van der Waals surface area contributed by atoms with E-state index < -0.39 is 11.4 Å². The van der Waals surface area contributed by atoms with Gasteiger partial charge in [-0.3, -0.25) is 4.79 Å². The first kappa shape index (κ1) is 18.9. The maximum atomic E-state index is 12.1. The summed E-state index contributed by atoms with van der Waals surface area (Å²) in [5.74, 6) is -0.0671. The predicted molar refractivity (Wildman–Crippen MR) is 104 cm³/mol. The van der Waals surface area contributed by atoms with Crippen LogP contribution in [0.15, 0.2) is 17.3 Å². The number of oxime groups is 1. The van der Waals surface area contributed by atoms with Crippen LogP contribution in [0.5, 0.6) is 0 Å². The highest BCUT2D eigenvalue weighted by atomic mass is 16.6. The lowest BCUT2D eigenvalue weighted by molar-refractivity contribution is -0.157. The largest absolute Gasteiger partial charge is 0.481 e. The van der Waals surface area contributed by atoms with Gasteiger partial charge in [-0.1, -0.05) is 38.4 Å². The van der Waals surface area contributed by atoms with Gasteiger partial charge >= 0.3 is 5.97 Å². The molecule has 0 amide bonds. The summed E-state index contributed by atoms with van der Waals surface area (Å²) in [6.07, 6.45) is 6.50. The van der Waals surface area contributed by atoms with Gasteiger partial charge in [-0.25, -0.2) is 0 Å². The number of aliphatic carboxylic acids is 1. The summed E-state index contributed by atoms with van der Waals surface area (Å²) >= 11 is 0. The third-order valence-electron chi connectivity index (χ3n) is 6.96. The van der Waals surface area contributed by atoms with Crippen LogP contribution in [0, 0.1) is 11.3 Å². The highest BCUT2D eigenvalue weighted by Crippen LogP contribution is 2.57. The van der Waals surface area contributed by atoms with Gasteiger partial charge in [-0.2, -0.15) is 0 Å². The van der Waals surface area contributed by atoms with E-state index in [1.807, 2.05) is 6.92 Å². The molecule has 4 nitrogen and oxygen atoms in total. The van der Waals surface area contributed by atoms with Crippen LogP contribution in [0.2, 0.25) is 0 Å². The lowest BCUT2D eigenvalue weighted by Crippen LogP contribution is -2.52. The van der Waals surface area contributed by atoms with E-state index >= 15 is 0 Å². The number of carboxylic acids is 1. The van der Waals surface area contributed by atoms with E-state index in [4.69, 9.17) is 4.84 Å². The Labute approximate surface area is 156 Å². The summed E-state index contributed by atoms with van der Waals surface area (Å²) in [5.41, 5.74) is 4.35. The molecule has 26 heavy (non-hydrogen) atoms. The van der Waals surface area contributed by atoms with Gasteiger partial charge < -0.3 is 9.94 Å². The van der Waals surface area contributed by atoms with E-state index in [1.54, 1.807) is 13.3 Å². The summed E-state index contributed by atoms with van der Waals surface area (Å²) in [7, 11) is 1.56. The molecule has 1 fully saturated rings.